The second-order valence-corrected chi connectivity index (χ2v) is 7.28. The van der Waals surface area contributed by atoms with Gasteiger partial charge < -0.3 is 4.74 Å². The molecule has 1 atom stereocenters. The molecule has 0 bridgehead atoms. The normalized spacial score (nSPS) is 12.1. The van der Waals surface area contributed by atoms with Crippen molar-refractivity contribution in [2.75, 3.05) is 18.5 Å². The summed E-state index contributed by atoms with van der Waals surface area (Å²) in [6.07, 6.45) is 0.326. The lowest BCUT2D eigenvalue weighted by atomic mass is 10.1. The number of benzene rings is 2. The quantitative estimate of drug-likeness (QED) is 0.381. The number of hydrazine groups is 1. The van der Waals surface area contributed by atoms with Gasteiger partial charge in [0.1, 0.15) is 18.0 Å². The molecule has 0 heterocycles. The molecular formula is C18H21BrN2O4S. The molecule has 8 heteroatoms. The standard InChI is InChI=1S/C18H21BrN2O4S/c1-4-15(22)14-10-11-16(25-12-13-8-6-5-7-9-13)18(17(14)19)21(20(2)3)26(23)24/h5-11H,4,12H2,1-3H3,(H,23,24). The minimum absolute atomic E-state index is 0.0739. The van der Waals surface area contributed by atoms with E-state index in [9.17, 15) is 13.6 Å². The summed E-state index contributed by atoms with van der Waals surface area (Å²) in [7, 11) is 3.27. The summed E-state index contributed by atoms with van der Waals surface area (Å²) >= 11 is 1.08. The van der Waals surface area contributed by atoms with E-state index in [0.29, 0.717) is 34.5 Å². The van der Waals surface area contributed by atoms with E-state index in [-0.39, 0.29) is 5.78 Å². The molecule has 26 heavy (non-hydrogen) atoms. The van der Waals surface area contributed by atoms with Crippen molar-refractivity contribution in [3.8, 4) is 5.75 Å². The summed E-state index contributed by atoms with van der Waals surface area (Å²) in [6, 6.07) is 12.9. The van der Waals surface area contributed by atoms with Crippen molar-refractivity contribution in [2.45, 2.75) is 20.0 Å². The summed E-state index contributed by atoms with van der Waals surface area (Å²) in [5.41, 5.74) is 1.72. The average Bonchev–Trinajstić information content (AvgIpc) is 2.61. The number of rotatable bonds is 8. The Balaban J connectivity index is 2.50. The first kappa shape index (κ1) is 20.6. The largest absolute Gasteiger partial charge is 0.487 e. The number of ketones is 1. The number of hydrogen-bond acceptors (Lipinski definition) is 4. The lowest BCUT2D eigenvalue weighted by Crippen LogP contribution is -2.39. The zero-order chi connectivity index (χ0) is 19.3. The van der Waals surface area contributed by atoms with Gasteiger partial charge in [0.15, 0.2) is 5.78 Å². The van der Waals surface area contributed by atoms with Crippen LogP contribution in [0.15, 0.2) is 46.9 Å². The van der Waals surface area contributed by atoms with Gasteiger partial charge in [0.05, 0.1) is 4.47 Å². The number of carbonyl (C=O) groups excluding carboxylic acids is 1. The van der Waals surface area contributed by atoms with Crippen LogP contribution in [0.5, 0.6) is 5.75 Å². The molecule has 0 spiro atoms. The molecule has 0 saturated carbocycles. The molecule has 0 radical (unpaired) electrons. The van der Waals surface area contributed by atoms with Crippen LogP contribution in [0.1, 0.15) is 29.3 Å². The van der Waals surface area contributed by atoms with Gasteiger partial charge in [0.25, 0.3) is 11.3 Å². The highest BCUT2D eigenvalue weighted by molar-refractivity contribution is 9.10. The highest BCUT2D eigenvalue weighted by Gasteiger charge is 2.26. The first-order valence-electron chi connectivity index (χ1n) is 7.97. The molecular weight excluding hydrogens is 420 g/mol. The van der Waals surface area contributed by atoms with Crippen molar-refractivity contribution in [2.24, 2.45) is 0 Å². The van der Waals surface area contributed by atoms with E-state index in [0.717, 1.165) is 9.98 Å². The van der Waals surface area contributed by atoms with Crippen LogP contribution in [0, 0.1) is 0 Å². The molecule has 1 unspecified atom stereocenters. The Bertz CT molecular complexity index is 799. The highest BCUT2D eigenvalue weighted by atomic mass is 79.9. The Hall–Kier alpha value is -1.74. The second-order valence-electron chi connectivity index (χ2n) is 5.68. The Morgan fingerprint density at radius 2 is 1.85 bits per heavy atom. The number of halogens is 1. The molecule has 2 aromatic carbocycles. The van der Waals surface area contributed by atoms with Crippen LogP contribution in [-0.4, -0.2) is 33.6 Å². The van der Waals surface area contributed by atoms with Gasteiger partial charge in [0.2, 0.25) is 0 Å². The maximum absolute atomic E-state index is 12.2. The topological polar surface area (TPSA) is 70.1 Å². The summed E-state index contributed by atoms with van der Waals surface area (Å²) in [5, 5.41) is 1.46. The van der Waals surface area contributed by atoms with Gasteiger partial charge in [-0.25, -0.2) is 9.22 Å². The number of hydrogen-bond donors (Lipinski definition) is 1. The molecule has 0 fully saturated rings. The molecule has 1 N–H and O–H groups in total. The van der Waals surface area contributed by atoms with E-state index >= 15 is 0 Å². The average molecular weight is 441 g/mol. The maximum Gasteiger partial charge on any atom is 0.277 e. The monoisotopic (exact) mass is 440 g/mol. The van der Waals surface area contributed by atoms with Crippen LogP contribution >= 0.6 is 15.9 Å². The van der Waals surface area contributed by atoms with Crippen LogP contribution < -0.4 is 9.15 Å². The minimum Gasteiger partial charge on any atom is -0.487 e. The van der Waals surface area contributed by atoms with E-state index in [1.165, 1.54) is 5.01 Å². The predicted molar refractivity (Wildman–Crippen MR) is 106 cm³/mol. The summed E-state index contributed by atoms with van der Waals surface area (Å²) in [4.78, 5) is 12.2. The van der Waals surface area contributed by atoms with Crippen LogP contribution in [0.4, 0.5) is 5.69 Å². The molecule has 0 aliphatic carbocycles. The number of nitrogens with zero attached hydrogens (tertiary/aromatic N) is 2. The van der Waals surface area contributed by atoms with Gasteiger partial charge in [-0.1, -0.05) is 37.3 Å². The van der Waals surface area contributed by atoms with E-state index in [4.69, 9.17) is 4.74 Å². The van der Waals surface area contributed by atoms with Gasteiger partial charge in [-0.2, -0.15) is 4.41 Å². The van der Waals surface area contributed by atoms with Crippen molar-refractivity contribution in [3.63, 3.8) is 0 Å². The summed E-state index contributed by atoms with van der Waals surface area (Å²) in [5.74, 6) is 0.319. The van der Waals surface area contributed by atoms with Gasteiger partial charge >= 0.3 is 0 Å². The van der Waals surface area contributed by atoms with Gasteiger partial charge in [-0.15, -0.1) is 0 Å². The lowest BCUT2D eigenvalue weighted by molar-refractivity contribution is 0.0987. The highest BCUT2D eigenvalue weighted by Crippen LogP contribution is 2.40. The smallest absolute Gasteiger partial charge is 0.277 e. The van der Waals surface area contributed by atoms with E-state index in [1.54, 1.807) is 33.2 Å². The first-order chi connectivity index (χ1) is 12.4. The van der Waals surface area contributed by atoms with Gasteiger partial charge in [0, 0.05) is 26.1 Å². The molecule has 140 valence electrons. The predicted octanol–water partition coefficient (Wildman–Crippen LogP) is 4.04. The van der Waals surface area contributed by atoms with Crippen LogP contribution in [0.2, 0.25) is 0 Å². The molecule has 2 aromatic rings. The Kier molecular flexibility index (Phi) is 7.33. The molecule has 6 nitrogen and oxygen atoms in total. The fraction of sp³-hybridized carbons (Fsp3) is 0.278. The third kappa shape index (κ3) is 4.70. The minimum atomic E-state index is -2.34. The zero-order valence-corrected chi connectivity index (χ0v) is 17.2. The van der Waals surface area contributed by atoms with Gasteiger partial charge in [-0.05, 0) is 33.6 Å². The first-order valence-corrected chi connectivity index (χ1v) is 9.83. The SMILES string of the molecule is CCC(=O)c1ccc(OCc2ccccc2)c(N(N(C)C)S(=O)O)c1Br. The third-order valence-electron chi connectivity index (χ3n) is 3.64. The van der Waals surface area contributed by atoms with Crippen molar-refractivity contribution < 1.29 is 18.3 Å². The Labute approximate surface area is 164 Å². The Morgan fingerprint density at radius 3 is 2.38 bits per heavy atom. The van der Waals surface area contributed by atoms with Crippen molar-refractivity contribution in [3.05, 3.63) is 58.1 Å². The molecule has 0 saturated heterocycles. The number of ether oxygens (including phenoxy) is 1. The Morgan fingerprint density at radius 1 is 1.19 bits per heavy atom. The van der Waals surface area contributed by atoms with Crippen molar-refractivity contribution in [1.82, 2.24) is 5.01 Å². The molecule has 0 aliphatic heterocycles. The number of anilines is 1. The van der Waals surface area contributed by atoms with Crippen molar-refractivity contribution in [1.29, 1.82) is 0 Å². The molecule has 0 amide bonds. The summed E-state index contributed by atoms with van der Waals surface area (Å²) in [6.45, 7) is 2.06. The molecule has 0 aliphatic rings. The number of carbonyl (C=O) groups is 1. The van der Waals surface area contributed by atoms with Crippen LogP contribution in [0.3, 0.4) is 0 Å². The maximum atomic E-state index is 12.2. The van der Waals surface area contributed by atoms with Gasteiger partial charge in [-0.3, -0.25) is 9.35 Å². The lowest BCUT2D eigenvalue weighted by Gasteiger charge is -2.29. The number of Topliss-reactive ketones (excluding diaryl/α,β-unsaturated/α-hetero) is 1. The molecule has 2 rings (SSSR count). The molecule has 0 aromatic heterocycles. The summed E-state index contributed by atoms with van der Waals surface area (Å²) < 4.78 is 29.1. The van der Waals surface area contributed by atoms with Crippen LogP contribution in [0.25, 0.3) is 0 Å². The van der Waals surface area contributed by atoms with E-state index in [1.807, 2.05) is 30.3 Å². The van der Waals surface area contributed by atoms with Crippen molar-refractivity contribution >= 4 is 38.7 Å². The third-order valence-corrected chi connectivity index (χ3v) is 5.25. The zero-order valence-electron chi connectivity index (χ0n) is 14.8. The van der Waals surface area contributed by atoms with E-state index < -0.39 is 11.3 Å². The fourth-order valence-electron chi connectivity index (χ4n) is 2.40. The second kappa shape index (κ2) is 9.27. The van der Waals surface area contributed by atoms with E-state index in [2.05, 4.69) is 15.9 Å². The fourth-order valence-corrected chi connectivity index (χ4v) is 3.85. The van der Waals surface area contributed by atoms with Crippen LogP contribution in [-0.2, 0) is 17.9 Å².